The predicted molar refractivity (Wildman–Crippen MR) is 81.6 cm³/mol. The van der Waals surface area contributed by atoms with Crippen molar-refractivity contribution in [2.75, 3.05) is 0 Å². The van der Waals surface area contributed by atoms with Crippen LogP contribution in [0.2, 0.25) is 0 Å². The molecule has 1 aromatic carbocycles. The first-order valence-electron chi connectivity index (χ1n) is 7.36. The summed E-state index contributed by atoms with van der Waals surface area (Å²) in [5, 5.41) is 0. The van der Waals surface area contributed by atoms with Crippen molar-refractivity contribution in [2.45, 2.75) is 52.1 Å². The van der Waals surface area contributed by atoms with Crippen LogP contribution in [-0.4, -0.2) is 11.6 Å². The molecule has 0 amide bonds. The van der Waals surface area contributed by atoms with E-state index in [1.807, 2.05) is 13.8 Å². The molecular weight excluding hydrogens is 248 g/mol. The molecule has 108 valence electrons. The van der Waals surface area contributed by atoms with Gasteiger partial charge in [0.05, 0.1) is 0 Å². The van der Waals surface area contributed by atoms with Gasteiger partial charge in [0.1, 0.15) is 5.60 Å². The van der Waals surface area contributed by atoms with Crippen molar-refractivity contribution in [2.24, 2.45) is 5.92 Å². The topological polar surface area (TPSA) is 26.3 Å². The Morgan fingerprint density at radius 1 is 1.30 bits per heavy atom. The van der Waals surface area contributed by atoms with Gasteiger partial charge in [-0.1, -0.05) is 30.8 Å². The lowest BCUT2D eigenvalue weighted by atomic mass is 9.83. The number of benzene rings is 1. The van der Waals surface area contributed by atoms with Gasteiger partial charge in [0.2, 0.25) is 0 Å². The number of rotatable bonds is 3. The first-order valence-corrected chi connectivity index (χ1v) is 7.36. The smallest absolute Gasteiger partial charge is 0.333 e. The third-order valence-corrected chi connectivity index (χ3v) is 4.27. The van der Waals surface area contributed by atoms with Gasteiger partial charge in [0.15, 0.2) is 0 Å². The number of carbonyl (C=O) groups is 1. The molecule has 1 aliphatic carbocycles. The third kappa shape index (κ3) is 3.30. The first-order chi connectivity index (χ1) is 9.40. The maximum Gasteiger partial charge on any atom is 0.333 e. The summed E-state index contributed by atoms with van der Waals surface area (Å²) in [4.78, 5) is 11.8. The SMILES string of the molecule is C=C(C)C(=O)OC(C)(C)C1CCCc2ccccc2C1. The van der Waals surface area contributed by atoms with E-state index in [4.69, 9.17) is 4.74 Å². The minimum absolute atomic E-state index is 0.285. The minimum Gasteiger partial charge on any atom is -0.456 e. The van der Waals surface area contributed by atoms with Gasteiger partial charge in [-0.25, -0.2) is 4.79 Å². The lowest BCUT2D eigenvalue weighted by Crippen LogP contribution is -2.38. The van der Waals surface area contributed by atoms with Crippen molar-refractivity contribution in [3.05, 3.63) is 47.5 Å². The summed E-state index contributed by atoms with van der Waals surface area (Å²) in [5.74, 6) is 0.0713. The van der Waals surface area contributed by atoms with Crippen LogP contribution in [-0.2, 0) is 22.4 Å². The van der Waals surface area contributed by atoms with E-state index in [2.05, 4.69) is 30.8 Å². The van der Waals surface area contributed by atoms with Crippen molar-refractivity contribution in [3.63, 3.8) is 0 Å². The largest absolute Gasteiger partial charge is 0.456 e. The molecule has 0 heterocycles. The van der Waals surface area contributed by atoms with Crippen molar-refractivity contribution in [1.29, 1.82) is 0 Å². The Morgan fingerprint density at radius 2 is 1.95 bits per heavy atom. The summed E-state index contributed by atoms with van der Waals surface area (Å²) in [7, 11) is 0. The summed E-state index contributed by atoms with van der Waals surface area (Å²) in [6.45, 7) is 9.40. The maximum absolute atomic E-state index is 11.8. The Balaban J connectivity index is 2.16. The fraction of sp³-hybridized carbons (Fsp3) is 0.500. The second kappa shape index (κ2) is 5.82. The van der Waals surface area contributed by atoms with Crippen LogP contribution in [0.15, 0.2) is 36.4 Å². The van der Waals surface area contributed by atoms with Gasteiger partial charge in [0.25, 0.3) is 0 Å². The summed E-state index contributed by atoms with van der Waals surface area (Å²) in [5.41, 5.74) is 2.85. The molecule has 1 atom stereocenters. The van der Waals surface area contributed by atoms with E-state index < -0.39 is 5.60 Å². The molecule has 0 aliphatic heterocycles. The molecule has 2 nitrogen and oxygen atoms in total. The van der Waals surface area contributed by atoms with Gasteiger partial charge in [-0.05, 0) is 57.6 Å². The zero-order valence-corrected chi connectivity index (χ0v) is 12.7. The van der Waals surface area contributed by atoms with Gasteiger partial charge in [-0.15, -0.1) is 0 Å². The van der Waals surface area contributed by atoms with Crippen LogP contribution < -0.4 is 0 Å². The highest BCUT2D eigenvalue weighted by atomic mass is 16.6. The average Bonchev–Trinajstić information content (AvgIpc) is 2.60. The molecule has 0 radical (unpaired) electrons. The molecule has 0 fully saturated rings. The second-order valence-corrected chi connectivity index (χ2v) is 6.34. The van der Waals surface area contributed by atoms with Crippen LogP contribution in [0.1, 0.15) is 44.7 Å². The summed E-state index contributed by atoms with van der Waals surface area (Å²) in [6, 6.07) is 8.61. The number of fused-ring (bicyclic) bond motifs is 1. The van der Waals surface area contributed by atoms with E-state index in [0.717, 1.165) is 25.7 Å². The molecule has 20 heavy (non-hydrogen) atoms. The molecule has 2 rings (SSSR count). The number of aryl methyl sites for hydroxylation is 1. The Labute approximate surface area is 121 Å². The lowest BCUT2D eigenvalue weighted by molar-refractivity contribution is -0.157. The molecular formula is C18H24O2. The van der Waals surface area contributed by atoms with Crippen molar-refractivity contribution < 1.29 is 9.53 Å². The lowest BCUT2D eigenvalue weighted by Gasteiger charge is -2.33. The molecule has 0 saturated heterocycles. The molecule has 0 spiro atoms. The van der Waals surface area contributed by atoms with Crippen LogP contribution in [0, 0.1) is 5.92 Å². The van der Waals surface area contributed by atoms with Crippen LogP contribution in [0.25, 0.3) is 0 Å². The number of esters is 1. The molecule has 0 N–H and O–H groups in total. The van der Waals surface area contributed by atoms with E-state index in [-0.39, 0.29) is 5.97 Å². The zero-order chi connectivity index (χ0) is 14.8. The van der Waals surface area contributed by atoms with Crippen molar-refractivity contribution in [3.8, 4) is 0 Å². The van der Waals surface area contributed by atoms with E-state index >= 15 is 0 Å². The standard InChI is InChI=1S/C18H24O2/c1-13(2)17(19)20-18(3,4)16-11-7-10-14-8-5-6-9-15(14)12-16/h5-6,8-9,16H,1,7,10-12H2,2-4H3. The Hall–Kier alpha value is -1.57. The van der Waals surface area contributed by atoms with Gasteiger partial charge in [-0.2, -0.15) is 0 Å². The normalized spacial score (nSPS) is 18.9. The van der Waals surface area contributed by atoms with Crippen LogP contribution in [0.5, 0.6) is 0 Å². The van der Waals surface area contributed by atoms with Gasteiger partial charge < -0.3 is 4.74 Å². The summed E-state index contributed by atoms with van der Waals surface area (Å²) < 4.78 is 5.67. The fourth-order valence-electron chi connectivity index (χ4n) is 2.91. The number of hydrogen-bond acceptors (Lipinski definition) is 2. The van der Waals surface area contributed by atoms with E-state index in [9.17, 15) is 4.79 Å². The predicted octanol–water partition coefficient (Wildman–Crippen LogP) is 4.08. The van der Waals surface area contributed by atoms with Crippen molar-refractivity contribution in [1.82, 2.24) is 0 Å². The molecule has 0 aromatic heterocycles. The Morgan fingerprint density at radius 3 is 2.60 bits per heavy atom. The van der Waals surface area contributed by atoms with E-state index in [1.54, 1.807) is 6.92 Å². The van der Waals surface area contributed by atoms with Crippen LogP contribution >= 0.6 is 0 Å². The van der Waals surface area contributed by atoms with E-state index in [1.165, 1.54) is 11.1 Å². The highest BCUT2D eigenvalue weighted by Crippen LogP contribution is 2.34. The molecule has 1 unspecified atom stereocenters. The Kier molecular flexibility index (Phi) is 4.32. The average molecular weight is 272 g/mol. The second-order valence-electron chi connectivity index (χ2n) is 6.34. The molecule has 1 aliphatic rings. The number of ether oxygens (including phenoxy) is 1. The molecule has 0 saturated carbocycles. The maximum atomic E-state index is 11.8. The van der Waals surface area contributed by atoms with Gasteiger partial charge in [-0.3, -0.25) is 0 Å². The highest BCUT2D eigenvalue weighted by Gasteiger charge is 2.34. The van der Waals surface area contributed by atoms with Crippen LogP contribution in [0.4, 0.5) is 0 Å². The first kappa shape index (κ1) is 14.8. The number of carbonyl (C=O) groups excluding carboxylic acids is 1. The summed E-state index contributed by atoms with van der Waals surface area (Å²) >= 11 is 0. The fourth-order valence-corrected chi connectivity index (χ4v) is 2.91. The molecule has 1 aromatic rings. The number of hydrogen-bond donors (Lipinski definition) is 0. The van der Waals surface area contributed by atoms with Crippen molar-refractivity contribution >= 4 is 5.97 Å². The van der Waals surface area contributed by atoms with E-state index in [0.29, 0.717) is 11.5 Å². The quantitative estimate of drug-likeness (QED) is 0.471. The molecule has 0 bridgehead atoms. The molecule has 2 heteroatoms. The van der Waals surface area contributed by atoms with Gasteiger partial charge in [0, 0.05) is 11.5 Å². The van der Waals surface area contributed by atoms with Gasteiger partial charge >= 0.3 is 5.97 Å². The van der Waals surface area contributed by atoms with Crippen LogP contribution in [0.3, 0.4) is 0 Å². The summed E-state index contributed by atoms with van der Waals surface area (Å²) in [6.07, 6.45) is 4.34. The minimum atomic E-state index is -0.451. The Bertz CT molecular complexity index is 514. The monoisotopic (exact) mass is 272 g/mol. The third-order valence-electron chi connectivity index (χ3n) is 4.27. The highest BCUT2D eigenvalue weighted by molar-refractivity contribution is 5.87. The zero-order valence-electron chi connectivity index (χ0n) is 12.7.